The molecule has 2 aromatic rings. The van der Waals surface area contributed by atoms with Gasteiger partial charge in [0.2, 0.25) is 5.91 Å². The fourth-order valence-electron chi connectivity index (χ4n) is 1.93. The van der Waals surface area contributed by atoms with Crippen LogP contribution in [0.3, 0.4) is 0 Å². The molecule has 2 rings (SSSR count). The van der Waals surface area contributed by atoms with E-state index in [9.17, 15) is 4.79 Å². The number of rotatable bonds is 5. The molecular formula is C17H16N2OS. The zero-order valence-electron chi connectivity index (χ0n) is 11.8. The lowest BCUT2D eigenvalue weighted by molar-refractivity contribution is -0.113. The van der Waals surface area contributed by atoms with Gasteiger partial charge in [-0.1, -0.05) is 35.9 Å². The van der Waals surface area contributed by atoms with E-state index in [0.29, 0.717) is 17.0 Å². The fourth-order valence-corrected chi connectivity index (χ4v) is 2.70. The Morgan fingerprint density at radius 3 is 2.81 bits per heavy atom. The van der Waals surface area contributed by atoms with Gasteiger partial charge in [0.05, 0.1) is 17.4 Å². The highest BCUT2D eigenvalue weighted by molar-refractivity contribution is 7.99. The standard InChI is InChI=1S/C17H16N2OS/c1-13-4-2-6-15(8-13)11-21-12-17(20)19-16-7-3-5-14(9-16)10-18/h2-9H,11-12H2,1H3,(H,19,20). The van der Waals surface area contributed by atoms with Crippen molar-refractivity contribution in [2.45, 2.75) is 12.7 Å². The molecule has 0 saturated carbocycles. The van der Waals surface area contributed by atoms with Gasteiger partial charge < -0.3 is 5.32 Å². The van der Waals surface area contributed by atoms with Crippen molar-refractivity contribution in [3.05, 3.63) is 65.2 Å². The second kappa shape index (κ2) is 7.51. The third-order valence-electron chi connectivity index (χ3n) is 2.86. The molecule has 1 N–H and O–H groups in total. The monoisotopic (exact) mass is 296 g/mol. The summed E-state index contributed by atoms with van der Waals surface area (Å²) in [6, 6.07) is 17.2. The SMILES string of the molecule is Cc1cccc(CSCC(=O)Nc2cccc(C#N)c2)c1. The first-order valence-corrected chi connectivity index (χ1v) is 7.76. The fraction of sp³-hybridized carbons (Fsp3) is 0.176. The number of nitrogens with one attached hydrogen (secondary N) is 1. The van der Waals surface area contributed by atoms with Crippen LogP contribution in [-0.2, 0) is 10.5 Å². The van der Waals surface area contributed by atoms with Gasteiger partial charge in [-0.2, -0.15) is 5.26 Å². The molecule has 3 nitrogen and oxygen atoms in total. The molecule has 21 heavy (non-hydrogen) atoms. The van der Waals surface area contributed by atoms with Crippen LogP contribution >= 0.6 is 11.8 Å². The molecule has 0 aromatic heterocycles. The third-order valence-corrected chi connectivity index (χ3v) is 3.86. The zero-order valence-corrected chi connectivity index (χ0v) is 12.6. The van der Waals surface area contributed by atoms with Crippen LogP contribution < -0.4 is 5.32 Å². The summed E-state index contributed by atoms with van der Waals surface area (Å²) in [5.74, 6) is 1.15. The maximum absolute atomic E-state index is 11.9. The number of carbonyl (C=O) groups is 1. The first-order valence-electron chi connectivity index (χ1n) is 6.60. The lowest BCUT2D eigenvalue weighted by Crippen LogP contribution is -2.14. The molecule has 2 aromatic carbocycles. The summed E-state index contributed by atoms with van der Waals surface area (Å²) in [5.41, 5.74) is 3.65. The molecule has 0 atom stereocenters. The second-order valence-electron chi connectivity index (χ2n) is 4.72. The summed E-state index contributed by atoms with van der Waals surface area (Å²) >= 11 is 1.58. The summed E-state index contributed by atoms with van der Waals surface area (Å²) in [6.45, 7) is 2.06. The summed E-state index contributed by atoms with van der Waals surface area (Å²) in [7, 11) is 0. The smallest absolute Gasteiger partial charge is 0.234 e. The molecule has 0 aliphatic carbocycles. The Hall–Kier alpha value is -2.25. The quantitative estimate of drug-likeness (QED) is 0.914. The number of benzene rings is 2. The minimum Gasteiger partial charge on any atom is -0.325 e. The summed E-state index contributed by atoms with van der Waals surface area (Å²) in [6.07, 6.45) is 0. The van der Waals surface area contributed by atoms with Crippen molar-refractivity contribution in [3.63, 3.8) is 0 Å². The van der Waals surface area contributed by atoms with Gasteiger partial charge in [-0.3, -0.25) is 4.79 Å². The summed E-state index contributed by atoms with van der Waals surface area (Å²) in [5, 5.41) is 11.6. The van der Waals surface area contributed by atoms with Gasteiger partial charge in [0.1, 0.15) is 0 Å². The van der Waals surface area contributed by atoms with Crippen LogP contribution in [0.4, 0.5) is 5.69 Å². The first-order chi connectivity index (χ1) is 10.2. The predicted molar refractivity (Wildman–Crippen MR) is 87.1 cm³/mol. The second-order valence-corrected chi connectivity index (χ2v) is 5.71. The summed E-state index contributed by atoms with van der Waals surface area (Å²) in [4.78, 5) is 11.9. The number of aryl methyl sites for hydroxylation is 1. The van der Waals surface area contributed by atoms with Gasteiger partial charge in [0, 0.05) is 11.4 Å². The van der Waals surface area contributed by atoms with Crippen molar-refractivity contribution < 1.29 is 4.79 Å². The minimum absolute atomic E-state index is 0.0530. The van der Waals surface area contributed by atoms with E-state index < -0.39 is 0 Å². The number of nitrogens with zero attached hydrogens (tertiary/aromatic N) is 1. The number of hydrogen-bond acceptors (Lipinski definition) is 3. The highest BCUT2D eigenvalue weighted by Crippen LogP contribution is 2.15. The topological polar surface area (TPSA) is 52.9 Å². The predicted octanol–water partition coefficient (Wildman–Crippen LogP) is 3.74. The van der Waals surface area contributed by atoms with Crippen molar-refractivity contribution >= 4 is 23.4 Å². The van der Waals surface area contributed by atoms with Crippen LogP contribution in [0, 0.1) is 18.3 Å². The van der Waals surface area contributed by atoms with Crippen molar-refractivity contribution in [3.8, 4) is 6.07 Å². The van der Waals surface area contributed by atoms with Crippen molar-refractivity contribution in [1.82, 2.24) is 0 Å². The van der Waals surface area contributed by atoms with E-state index in [-0.39, 0.29) is 5.91 Å². The molecular weight excluding hydrogens is 280 g/mol. The van der Waals surface area contributed by atoms with Gasteiger partial charge in [0.15, 0.2) is 0 Å². The van der Waals surface area contributed by atoms with Gasteiger partial charge in [-0.25, -0.2) is 0 Å². The van der Waals surface area contributed by atoms with E-state index in [4.69, 9.17) is 5.26 Å². The maximum atomic E-state index is 11.9. The van der Waals surface area contributed by atoms with Crippen molar-refractivity contribution in [2.75, 3.05) is 11.1 Å². The molecule has 4 heteroatoms. The largest absolute Gasteiger partial charge is 0.325 e. The van der Waals surface area contributed by atoms with Gasteiger partial charge in [-0.15, -0.1) is 11.8 Å². The van der Waals surface area contributed by atoms with E-state index in [1.54, 1.807) is 36.0 Å². The molecule has 0 fully saturated rings. The molecule has 106 valence electrons. The van der Waals surface area contributed by atoms with Crippen molar-refractivity contribution in [2.24, 2.45) is 0 Å². The van der Waals surface area contributed by atoms with Gasteiger partial charge in [-0.05, 0) is 30.7 Å². The number of thioether (sulfide) groups is 1. The van der Waals surface area contributed by atoms with Crippen LogP contribution in [0.15, 0.2) is 48.5 Å². The lowest BCUT2D eigenvalue weighted by atomic mass is 10.2. The summed E-state index contributed by atoms with van der Waals surface area (Å²) < 4.78 is 0. The third kappa shape index (κ3) is 4.97. The Bertz CT molecular complexity index is 676. The molecule has 0 radical (unpaired) electrons. The zero-order chi connectivity index (χ0) is 15.1. The normalized spacial score (nSPS) is 9.90. The molecule has 0 spiro atoms. The highest BCUT2D eigenvalue weighted by Gasteiger charge is 2.04. The molecule has 1 amide bonds. The Morgan fingerprint density at radius 2 is 2.05 bits per heavy atom. The molecule has 0 saturated heterocycles. The van der Waals surface area contributed by atoms with E-state index in [1.165, 1.54) is 11.1 Å². The lowest BCUT2D eigenvalue weighted by Gasteiger charge is -2.06. The average molecular weight is 296 g/mol. The Balaban J connectivity index is 1.81. The van der Waals surface area contributed by atoms with Gasteiger partial charge >= 0.3 is 0 Å². The number of carbonyl (C=O) groups excluding carboxylic acids is 1. The Kier molecular flexibility index (Phi) is 5.42. The van der Waals surface area contributed by atoms with Crippen LogP contribution in [-0.4, -0.2) is 11.7 Å². The number of nitriles is 1. The highest BCUT2D eigenvalue weighted by atomic mass is 32.2. The maximum Gasteiger partial charge on any atom is 0.234 e. The molecule has 0 aliphatic heterocycles. The molecule has 0 unspecified atom stereocenters. The molecule has 0 heterocycles. The number of hydrogen-bond donors (Lipinski definition) is 1. The van der Waals surface area contributed by atoms with E-state index in [2.05, 4.69) is 36.5 Å². The van der Waals surface area contributed by atoms with Crippen LogP contribution in [0.25, 0.3) is 0 Å². The number of anilines is 1. The van der Waals surface area contributed by atoms with Crippen molar-refractivity contribution in [1.29, 1.82) is 5.26 Å². The van der Waals surface area contributed by atoms with Crippen LogP contribution in [0.2, 0.25) is 0 Å². The Morgan fingerprint density at radius 1 is 1.24 bits per heavy atom. The van der Waals surface area contributed by atoms with Crippen LogP contribution in [0.1, 0.15) is 16.7 Å². The van der Waals surface area contributed by atoms with E-state index >= 15 is 0 Å². The van der Waals surface area contributed by atoms with E-state index in [0.717, 1.165) is 5.75 Å². The number of amides is 1. The van der Waals surface area contributed by atoms with Crippen LogP contribution in [0.5, 0.6) is 0 Å². The minimum atomic E-state index is -0.0530. The average Bonchev–Trinajstić information content (AvgIpc) is 2.47. The first kappa shape index (κ1) is 15.1. The molecule has 0 aliphatic rings. The van der Waals surface area contributed by atoms with E-state index in [1.807, 2.05) is 6.07 Å². The van der Waals surface area contributed by atoms with Gasteiger partial charge in [0.25, 0.3) is 0 Å². The molecule has 0 bridgehead atoms. The Labute approximate surface area is 129 Å².